The van der Waals surface area contributed by atoms with Gasteiger partial charge in [-0.3, -0.25) is 4.79 Å². The van der Waals surface area contributed by atoms with E-state index in [1.165, 1.54) is 16.1 Å². The molecule has 1 N–H and O–H groups in total. The van der Waals surface area contributed by atoms with Crippen LogP contribution in [0.1, 0.15) is 43.0 Å². The van der Waals surface area contributed by atoms with E-state index >= 15 is 0 Å². The number of thiazole rings is 1. The van der Waals surface area contributed by atoms with Crippen molar-refractivity contribution in [3.8, 4) is 0 Å². The number of nitrogens with zero attached hydrogens (tertiary/aromatic N) is 2. The summed E-state index contributed by atoms with van der Waals surface area (Å²) >= 11 is 1.82. The summed E-state index contributed by atoms with van der Waals surface area (Å²) in [6, 6.07) is 8.36. The van der Waals surface area contributed by atoms with Crippen molar-refractivity contribution in [2.24, 2.45) is 5.92 Å². The SMILES string of the molecule is Cl.Cl.O=C(CCC1CCNC1)N1CCC(c2nc3ccccc3s2)CC1. The largest absolute Gasteiger partial charge is 0.343 e. The Hall–Kier alpha value is -0.880. The number of hydrogen-bond acceptors (Lipinski definition) is 4. The van der Waals surface area contributed by atoms with Crippen molar-refractivity contribution in [3.63, 3.8) is 0 Å². The molecule has 1 unspecified atom stereocenters. The molecular weight excluding hydrogens is 389 g/mol. The maximum Gasteiger partial charge on any atom is 0.222 e. The van der Waals surface area contributed by atoms with E-state index in [2.05, 4.69) is 28.4 Å². The maximum absolute atomic E-state index is 12.4. The van der Waals surface area contributed by atoms with Gasteiger partial charge < -0.3 is 10.2 Å². The minimum absolute atomic E-state index is 0. The summed E-state index contributed by atoms with van der Waals surface area (Å²) < 4.78 is 1.27. The molecule has 0 radical (unpaired) electrons. The predicted molar refractivity (Wildman–Crippen MR) is 113 cm³/mol. The van der Waals surface area contributed by atoms with Gasteiger partial charge in [0.25, 0.3) is 0 Å². The third-order valence-electron chi connectivity index (χ3n) is 5.44. The van der Waals surface area contributed by atoms with E-state index in [9.17, 15) is 4.79 Å². The molecule has 2 aromatic rings. The Kier molecular flexibility index (Phi) is 8.14. The monoisotopic (exact) mass is 415 g/mol. The number of likely N-dealkylation sites (tertiary alicyclic amines) is 1. The number of para-hydroxylation sites is 1. The molecule has 3 heterocycles. The van der Waals surface area contributed by atoms with E-state index in [1.807, 2.05) is 17.4 Å². The van der Waals surface area contributed by atoms with Gasteiger partial charge in [0.15, 0.2) is 0 Å². The molecule has 4 nitrogen and oxygen atoms in total. The quantitative estimate of drug-likeness (QED) is 0.811. The zero-order valence-corrected chi connectivity index (χ0v) is 17.3. The van der Waals surface area contributed by atoms with Crippen LogP contribution in [0.25, 0.3) is 10.2 Å². The lowest BCUT2D eigenvalue weighted by Crippen LogP contribution is -2.38. The molecule has 0 bridgehead atoms. The Balaban J connectivity index is 0.00000121. The average molecular weight is 416 g/mol. The Morgan fingerprint density at radius 2 is 1.96 bits per heavy atom. The minimum atomic E-state index is 0. The molecule has 2 aliphatic heterocycles. The second-order valence-corrected chi connectivity index (χ2v) is 8.13. The molecule has 1 aromatic heterocycles. The lowest BCUT2D eigenvalue weighted by molar-refractivity contribution is -0.132. The molecular formula is C19H27Cl2N3OS. The highest BCUT2D eigenvalue weighted by Crippen LogP contribution is 2.34. The number of aromatic nitrogens is 1. The molecule has 2 fully saturated rings. The maximum atomic E-state index is 12.4. The second kappa shape index (κ2) is 9.88. The number of amides is 1. The van der Waals surface area contributed by atoms with Gasteiger partial charge in [0, 0.05) is 25.4 Å². The van der Waals surface area contributed by atoms with Crippen LogP contribution in [0, 0.1) is 5.92 Å². The van der Waals surface area contributed by atoms with Gasteiger partial charge in [0.1, 0.15) is 0 Å². The first kappa shape index (κ1) is 21.4. The van der Waals surface area contributed by atoms with Crippen LogP contribution < -0.4 is 5.32 Å². The molecule has 7 heteroatoms. The van der Waals surface area contributed by atoms with Gasteiger partial charge in [0.05, 0.1) is 15.2 Å². The number of piperidine rings is 1. The van der Waals surface area contributed by atoms with Crippen LogP contribution in [0.4, 0.5) is 0 Å². The first-order chi connectivity index (χ1) is 11.8. The molecule has 1 aromatic carbocycles. The Bertz CT molecular complexity index is 677. The number of nitrogens with one attached hydrogen (secondary N) is 1. The number of benzene rings is 1. The van der Waals surface area contributed by atoms with Crippen LogP contribution in [-0.2, 0) is 4.79 Å². The van der Waals surface area contributed by atoms with Crippen LogP contribution >= 0.6 is 36.2 Å². The molecule has 0 spiro atoms. The Labute approximate surface area is 171 Å². The zero-order valence-electron chi connectivity index (χ0n) is 14.9. The third-order valence-corrected chi connectivity index (χ3v) is 6.64. The molecule has 2 aliphatic rings. The molecule has 0 aliphatic carbocycles. The van der Waals surface area contributed by atoms with Crippen molar-refractivity contribution in [2.45, 2.75) is 38.0 Å². The number of carbonyl (C=O) groups excluding carboxylic acids is 1. The van der Waals surface area contributed by atoms with Gasteiger partial charge in [0.2, 0.25) is 5.91 Å². The smallest absolute Gasteiger partial charge is 0.222 e. The van der Waals surface area contributed by atoms with E-state index in [0.29, 0.717) is 17.7 Å². The average Bonchev–Trinajstić information content (AvgIpc) is 3.29. The summed E-state index contributed by atoms with van der Waals surface area (Å²) in [6.45, 7) is 3.99. The van der Waals surface area contributed by atoms with Crippen LogP contribution in [0.5, 0.6) is 0 Å². The van der Waals surface area contributed by atoms with Crippen LogP contribution in [0.15, 0.2) is 24.3 Å². The van der Waals surface area contributed by atoms with Crippen LogP contribution in [0.2, 0.25) is 0 Å². The van der Waals surface area contributed by atoms with Crippen molar-refractivity contribution in [2.75, 3.05) is 26.2 Å². The van der Waals surface area contributed by atoms with Crippen molar-refractivity contribution in [1.29, 1.82) is 0 Å². The number of halogens is 2. The fourth-order valence-electron chi connectivity index (χ4n) is 3.89. The first-order valence-corrected chi connectivity index (χ1v) is 9.95. The van der Waals surface area contributed by atoms with E-state index < -0.39 is 0 Å². The summed E-state index contributed by atoms with van der Waals surface area (Å²) in [7, 11) is 0. The van der Waals surface area contributed by atoms with Gasteiger partial charge in [-0.1, -0.05) is 12.1 Å². The second-order valence-electron chi connectivity index (χ2n) is 7.07. The van der Waals surface area contributed by atoms with E-state index in [-0.39, 0.29) is 24.8 Å². The van der Waals surface area contributed by atoms with Gasteiger partial charge in [-0.25, -0.2) is 4.98 Å². The summed E-state index contributed by atoms with van der Waals surface area (Å²) in [5, 5.41) is 4.63. The fraction of sp³-hybridized carbons (Fsp3) is 0.579. The normalized spacial score (nSPS) is 20.6. The van der Waals surface area contributed by atoms with Gasteiger partial charge in [-0.2, -0.15) is 0 Å². The topological polar surface area (TPSA) is 45.2 Å². The lowest BCUT2D eigenvalue weighted by Gasteiger charge is -2.31. The van der Waals surface area contributed by atoms with Gasteiger partial charge in [-0.05, 0) is 56.8 Å². The van der Waals surface area contributed by atoms with Crippen molar-refractivity contribution in [3.05, 3.63) is 29.3 Å². The fourth-order valence-corrected chi connectivity index (χ4v) is 5.02. The van der Waals surface area contributed by atoms with E-state index in [1.54, 1.807) is 0 Å². The summed E-state index contributed by atoms with van der Waals surface area (Å²) in [5.74, 6) is 1.57. The lowest BCUT2D eigenvalue weighted by atomic mass is 9.96. The highest BCUT2D eigenvalue weighted by molar-refractivity contribution is 7.18. The Morgan fingerprint density at radius 3 is 2.65 bits per heavy atom. The molecule has 144 valence electrons. The highest BCUT2D eigenvalue weighted by Gasteiger charge is 2.26. The number of carbonyl (C=O) groups is 1. The third kappa shape index (κ3) is 4.89. The number of rotatable bonds is 4. The van der Waals surface area contributed by atoms with Gasteiger partial charge in [-0.15, -0.1) is 36.2 Å². The predicted octanol–water partition coefficient (Wildman–Crippen LogP) is 4.24. The molecule has 0 saturated carbocycles. The first-order valence-electron chi connectivity index (χ1n) is 9.13. The summed E-state index contributed by atoms with van der Waals surface area (Å²) in [4.78, 5) is 19.3. The summed E-state index contributed by atoms with van der Waals surface area (Å²) in [6.07, 6.45) is 5.10. The molecule has 2 saturated heterocycles. The zero-order chi connectivity index (χ0) is 16.4. The highest BCUT2D eigenvalue weighted by atomic mass is 35.5. The van der Waals surface area contributed by atoms with Crippen LogP contribution in [0.3, 0.4) is 0 Å². The molecule has 1 amide bonds. The number of fused-ring (bicyclic) bond motifs is 1. The molecule has 4 rings (SSSR count). The van der Waals surface area contributed by atoms with Crippen molar-refractivity contribution < 1.29 is 4.79 Å². The van der Waals surface area contributed by atoms with E-state index in [4.69, 9.17) is 4.98 Å². The molecule has 1 atom stereocenters. The Morgan fingerprint density at radius 1 is 1.19 bits per heavy atom. The van der Waals surface area contributed by atoms with E-state index in [0.717, 1.165) is 57.4 Å². The molecule has 26 heavy (non-hydrogen) atoms. The van der Waals surface area contributed by atoms with Crippen molar-refractivity contribution in [1.82, 2.24) is 15.2 Å². The summed E-state index contributed by atoms with van der Waals surface area (Å²) in [5.41, 5.74) is 1.11. The van der Waals surface area contributed by atoms with Gasteiger partial charge >= 0.3 is 0 Å². The minimum Gasteiger partial charge on any atom is -0.343 e. The standard InChI is InChI=1S/C19H25N3OS.2ClH/c23-18(6-5-14-7-10-20-13-14)22-11-8-15(9-12-22)19-21-16-3-1-2-4-17(16)24-19;;/h1-4,14-15,20H,5-13H2;2*1H. The van der Waals surface area contributed by atoms with Crippen molar-refractivity contribution >= 4 is 52.3 Å². The van der Waals surface area contributed by atoms with Crippen LogP contribution in [-0.4, -0.2) is 42.0 Å². The number of hydrogen-bond donors (Lipinski definition) is 1.